The molecule has 88 valence electrons. The number of hydrogen-bond acceptors (Lipinski definition) is 3. The van der Waals surface area contributed by atoms with Crippen LogP contribution in [0.2, 0.25) is 0 Å². The molecule has 15 heavy (non-hydrogen) atoms. The second kappa shape index (κ2) is 5.50. The van der Waals surface area contributed by atoms with Crippen LogP contribution in [0.3, 0.4) is 0 Å². The fraction of sp³-hybridized carbons (Fsp3) is 0.917. The van der Waals surface area contributed by atoms with Gasteiger partial charge in [0.15, 0.2) is 0 Å². The molecule has 1 saturated carbocycles. The van der Waals surface area contributed by atoms with Crippen molar-refractivity contribution in [2.45, 2.75) is 52.1 Å². The third-order valence-corrected chi connectivity index (χ3v) is 3.17. The number of hydrogen-bond donors (Lipinski definition) is 0. The zero-order chi connectivity index (χ0) is 11.3. The fourth-order valence-corrected chi connectivity index (χ4v) is 1.95. The maximum atomic E-state index is 10.9. The first-order chi connectivity index (χ1) is 7.03. The van der Waals surface area contributed by atoms with Crippen LogP contribution in [0, 0.1) is 5.41 Å². The quantitative estimate of drug-likeness (QED) is 0.675. The maximum Gasteiger partial charge on any atom is 0.307 e. The van der Waals surface area contributed by atoms with Crippen molar-refractivity contribution in [3.05, 3.63) is 0 Å². The Balaban J connectivity index is 2.11. The van der Waals surface area contributed by atoms with Gasteiger partial charge in [-0.05, 0) is 31.1 Å². The maximum absolute atomic E-state index is 10.9. The van der Waals surface area contributed by atoms with E-state index in [1.165, 1.54) is 20.0 Å². The summed E-state index contributed by atoms with van der Waals surface area (Å²) < 4.78 is 10.2. The van der Waals surface area contributed by atoms with Crippen molar-refractivity contribution in [2.24, 2.45) is 5.41 Å². The number of esters is 1. The predicted molar refractivity (Wildman–Crippen MR) is 58.6 cm³/mol. The van der Waals surface area contributed by atoms with Gasteiger partial charge in [0.1, 0.15) is 0 Å². The summed E-state index contributed by atoms with van der Waals surface area (Å²) in [6.45, 7) is 5.10. The molecule has 0 unspecified atom stereocenters. The van der Waals surface area contributed by atoms with Crippen LogP contribution in [-0.4, -0.2) is 25.8 Å². The SMILES string of the molecule is COC(=O)CCOC1CCC(C)(C)CC1. The van der Waals surface area contributed by atoms with Gasteiger partial charge in [0.25, 0.3) is 0 Å². The van der Waals surface area contributed by atoms with Crippen LogP contribution >= 0.6 is 0 Å². The number of ether oxygens (including phenoxy) is 2. The summed E-state index contributed by atoms with van der Waals surface area (Å²) in [5, 5.41) is 0. The lowest BCUT2D eigenvalue weighted by atomic mass is 9.76. The molecular weight excluding hydrogens is 192 g/mol. The van der Waals surface area contributed by atoms with E-state index in [4.69, 9.17) is 4.74 Å². The molecule has 0 heterocycles. The van der Waals surface area contributed by atoms with Crippen molar-refractivity contribution in [1.82, 2.24) is 0 Å². The predicted octanol–water partition coefficient (Wildman–Crippen LogP) is 2.53. The molecule has 0 radical (unpaired) electrons. The first kappa shape index (κ1) is 12.5. The lowest BCUT2D eigenvalue weighted by molar-refractivity contribution is -0.142. The van der Waals surface area contributed by atoms with Crippen LogP contribution in [-0.2, 0) is 14.3 Å². The van der Waals surface area contributed by atoms with E-state index < -0.39 is 0 Å². The standard InChI is InChI=1S/C12H22O3/c1-12(2)7-4-10(5-8-12)15-9-6-11(13)14-3/h10H,4-9H2,1-3H3. The Bertz CT molecular complexity index is 201. The van der Waals surface area contributed by atoms with Gasteiger partial charge in [-0.15, -0.1) is 0 Å². The van der Waals surface area contributed by atoms with E-state index in [9.17, 15) is 4.79 Å². The highest BCUT2D eigenvalue weighted by molar-refractivity contribution is 5.69. The molecule has 1 fully saturated rings. The summed E-state index contributed by atoms with van der Waals surface area (Å²) in [5.41, 5.74) is 0.474. The topological polar surface area (TPSA) is 35.5 Å². The van der Waals surface area contributed by atoms with Gasteiger partial charge in [-0.25, -0.2) is 0 Å². The molecule has 0 aromatic carbocycles. The molecule has 1 rings (SSSR count). The number of rotatable bonds is 4. The molecule has 0 atom stereocenters. The summed E-state index contributed by atoms with van der Waals surface area (Å²) in [6, 6.07) is 0. The molecule has 0 N–H and O–H groups in total. The van der Waals surface area contributed by atoms with E-state index in [-0.39, 0.29) is 5.97 Å². The number of methoxy groups -OCH3 is 1. The molecule has 0 aromatic rings. The molecule has 1 aliphatic carbocycles. The van der Waals surface area contributed by atoms with Crippen molar-refractivity contribution in [3.8, 4) is 0 Å². The zero-order valence-corrected chi connectivity index (χ0v) is 10.0. The van der Waals surface area contributed by atoms with Gasteiger partial charge in [0.2, 0.25) is 0 Å². The second-order valence-corrected chi connectivity index (χ2v) is 5.06. The lowest BCUT2D eigenvalue weighted by Gasteiger charge is -2.34. The summed E-state index contributed by atoms with van der Waals surface area (Å²) in [7, 11) is 1.41. The monoisotopic (exact) mass is 214 g/mol. The molecule has 3 heteroatoms. The average Bonchev–Trinajstić information content (AvgIpc) is 2.20. The fourth-order valence-electron chi connectivity index (χ4n) is 1.95. The largest absolute Gasteiger partial charge is 0.469 e. The number of carbonyl (C=O) groups excluding carboxylic acids is 1. The van der Waals surface area contributed by atoms with E-state index in [2.05, 4.69) is 18.6 Å². The normalized spacial score (nSPS) is 21.3. The summed E-state index contributed by atoms with van der Waals surface area (Å²) in [4.78, 5) is 10.9. The molecule has 0 bridgehead atoms. The Morgan fingerprint density at radius 2 is 1.93 bits per heavy atom. The molecule has 0 aromatic heterocycles. The summed E-state index contributed by atoms with van der Waals surface area (Å²) >= 11 is 0. The molecular formula is C12H22O3. The highest BCUT2D eigenvalue weighted by Gasteiger charge is 2.27. The average molecular weight is 214 g/mol. The van der Waals surface area contributed by atoms with Crippen molar-refractivity contribution in [1.29, 1.82) is 0 Å². The van der Waals surface area contributed by atoms with Gasteiger partial charge in [-0.2, -0.15) is 0 Å². The summed E-state index contributed by atoms with van der Waals surface area (Å²) in [5.74, 6) is -0.189. The first-order valence-electron chi connectivity index (χ1n) is 5.72. The number of carbonyl (C=O) groups is 1. The Hall–Kier alpha value is -0.570. The Labute approximate surface area is 92.1 Å². The van der Waals surface area contributed by atoms with Crippen LogP contribution in [0.5, 0.6) is 0 Å². The summed E-state index contributed by atoms with van der Waals surface area (Å²) in [6.07, 6.45) is 5.40. The van der Waals surface area contributed by atoms with Crippen molar-refractivity contribution >= 4 is 5.97 Å². The minimum Gasteiger partial charge on any atom is -0.469 e. The van der Waals surface area contributed by atoms with E-state index >= 15 is 0 Å². The lowest BCUT2D eigenvalue weighted by Crippen LogP contribution is -2.27. The van der Waals surface area contributed by atoms with E-state index in [0.717, 1.165) is 12.8 Å². The van der Waals surface area contributed by atoms with Gasteiger partial charge in [0.05, 0.1) is 26.2 Å². The van der Waals surface area contributed by atoms with Gasteiger partial charge in [-0.3, -0.25) is 4.79 Å². The third kappa shape index (κ3) is 4.65. The van der Waals surface area contributed by atoms with E-state index in [1.807, 2.05) is 0 Å². The van der Waals surface area contributed by atoms with Crippen LogP contribution in [0.4, 0.5) is 0 Å². The van der Waals surface area contributed by atoms with Crippen LogP contribution in [0.1, 0.15) is 46.0 Å². The first-order valence-corrected chi connectivity index (χ1v) is 5.72. The van der Waals surface area contributed by atoms with Crippen molar-refractivity contribution in [3.63, 3.8) is 0 Å². The molecule has 3 nitrogen and oxygen atoms in total. The van der Waals surface area contributed by atoms with Gasteiger partial charge >= 0.3 is 5.97 Å². The van der Waals surface area contributed by atoms with Crippen molar-refractivity contribution in [2.75, 3.05) is 13.7 Å². The van der Waals surface area contributed by atoms with E-state index in [0.29, 0.717) is 24.5 Å². The van der Waals surface area contributed by atoms with Crippen LogP contribution < -0.4 is 0 Å². The van der Waals surface area contributed by atoms with Gasteiger partial charge in [0, 0.05) is 0 Å². The van der Waals surface area contributed by atoms with Gasteiger partial charge < -0.3 is 9.47 Å². The van der Waals surface area contributed by atoms with Crippen molar-refractivity contribution < 1.29 is 14.3 Å². The molecule has 0 saturated heterocycles. The van der Waals surface area contributed by atoms with Gasteiger partial charge in [-0.1, -0.05) is 13.8 Å². The third-order valence-electron chi connectivity index (χ3n) is 3.17. The zero-order valence-electron chi connectivity index (χ0n) is 10.0. The molecule has 0 spiro atoms. The van der Waals surface area contributed by atoms with Crippen LogP contribution in [0.25, 0.3) is 0 Å². The second-order valence-electron chi connectivity index (χ2n) is 5.06. The Morgan fingerprint density at radius 1 is 1.33 bits per heavy atom. The molecule has 1 aliphatic rings. The smallest absolute Gasteiger partial charge is 0.307 e. The molecule has 0 aliphatic heterocycles. The minimum absolute atomic E-state index is 0.189. The minimum atomic E-state index is -0.189. The Kier molecular flexibility index (Phi) is 4.58. The van der Waals surface area contributed by atoms with E-state index in [1.54, 1.807) is 0 Å². The van der Waals surface area contributed by atoms with Crippen LogP contribution in [0.15, 0.2) is 0 Å². The highest BCUT2D eigenvalue weighted by atomic mass is 16.5. The molecule has 0 amide bonds. The highest BCUT2D eigenvalue weighted by Crippen LogP contribution is 2.36. The Morgan fingerprint density at radius 3 is 2.47 bits per heavy atom.